The maximum absolute atomic E-state index is 11.1. The van der Waals surface area contributed by atoms with Gasteiger partial charge in [0.25, 0.3) is 0 Å². The second kappa shape index (κ2) is 7.48. The second-order valence-corrected chi connectivity index (χ2v) is 6.90. The molecular formula is C18H18N4O2S. The van der Waals surface area contributed by atoms with E-state index in [0.29, 0.717) is 5.16 Å². The number of hydrogen-bond donors (Lipinski definition) is 0. The molecule has 0 unspecified atom stereocenters. The molecule has 3 aromatic rings. The molecule has 0 spiro atoms. The van der Waals surface area contributed by atoms with Crippen LogP contribution < -0.4 is 0 Å². The van der Waals surface area contributed by atoms with Crippen LogP contribution >= 0.6 is 11.8 Å². The van der Waals surface area contributed by atoms with Gasteiger partial charge in [-0.15, -0.1) is 10.2 Å². The summed E-state index contributed by atoms with van der Waals surface area (Å²) in [6.07, 6.45) is 0. The Hall–Kier alpha value is -2.67. The normalized spacial score (nSPS) is 12.1. The molecule has 128 valence electrons. The van der Waals surface area contributed by atoms with Crippen LogP contribution in [0, 0.1) is 24.0 Å². The molecule has 2 aromatic carbocycles. The molecule has 0 bridgehead atoms. The number of rotatable bonds is 6. The molecule has 0 saturated carbocycles. The van der Waals surface area contributed by atoms with Crippen LogP contribution in [0.5, 0.6) is 0 Å². The molecule has 0 saturated heterocycles. The second-order valence-electron chi connectivity index (χ2n) is 5.73. The van der Waals surface area contributed by atoms with E-state index < -0.39 is 0 Å². The van der Waals surface area contributed by atoms with E-state index in [1.165, 1.54) is 11.8 Å². The predicted octanol–water partition coefficient (Wildman–Crippen LogP) is 3.99. The average Bonchev–Trinajstić information content (AvgIpc) is 2.96. The van der Waals surface area contributed by atoms with Gasteiger partial charge in [-0.25, -0.2) is 0 Å². The molecule has 0 radical (unpaired) electrons. The van der Waals surface area contributed by atoms with Crippen molar-refractivity contribution >= 4 is 11.8 Å². The lowest BCUT2D eigenvalue weighted by Crippen LogP contribution is -2.11. The molecule has 0 aliphatic rings. The van der Waals surface area contributed by atoms with Crippen LogP contribution in [0.2, 0.25) is 0 Å². The third-order valence-electron chi connectivity index (χ3n) is 3.82. The van der Waals surface area contributed by atoms with Gasteiger partial charge in [-0.2, -0.15) is 0 Å². The maximum atomic E-state index is 11.1. The topological polar surface area (TPSA) is 73.8 Å². The molecule has 3 rings (SSSR count). The molecule has 0 aliphatic heterocycles. The monoisotopic (exact) mass is 354 g/mol. The summed E-state index contributed by atoms with van der Waals surface area (Å²) in [7, 11) is 0. The number of nitrogens with zero attached hydrogens (tertiary/aromatic N) is 4. The van der Waals surface area contributed by atoms with Crippen LogP contribution in [0.1, 0.15) is 22.2 Å². The molecule has 0 N–H and O–H groups in total. The van der Waals surface area contributed by atoms with Crippen molar-refractivity contribution in [3.05, 3.63) is 81.7 Å². The van der Waals surface area contributed by atoms with E-state index in [-0.39, 0.29) is 16.7 Å². The largest absolute Gasteiger partial charge is 0.274 e. The Labute approximate surface area is 150 Å². The zero-order valence-electron chi connectivity index (χ0n) is 14.0. The minimum Gasteiger partial charge on any atom is -0.274 e. The highest BCUT2D eigenvalue weighted by molar-refractivity contribution is 7.99. The van der Waals surface area contributed by atoms with Gasteiger partial charge in [0.15, 0.2) is 5.16 Å². The van der Waals surface area contributed by atoms with Crippen LogP contribution in [0.25, 0.3) is 5.69 Å². The fourth-order valence-electron chi connectivity index (χ4n) is 2.55. The lowest BCUT2D eigenvalue weighted by Gasteiger charge is -2.14. The van der Waals surface area contributed by atoms with Gasteiger partial charge >= 0.3 is 0 Å². The lowest BCUT2D eigenvalue weighted by atomic mass is 10.1. The first kappa shape index (κ1) is 17.2. The summed E-state index contributed by atoms with van der Waals surface area (Å²) in [6, 6.07) is 17.6. The van der Waals surface area contributed by atoms with Crippen molar-refractivity contribution in [2.75, 3.05) is 6.54 Å². The van der Waals surface area contributed by atoms with Crippen molar-refractivity contribution in [2.45, 2.75) is 24.3 Å². The average molecular weight is 354 g/mol. The van der Waals surface area contributed by atoms with E-state index >= 15 is 0 Å². The number of thioether (sulfide) groups is 1. The maximum Gasteiger partial charge on any atom is 0.220 e. The molecule has 0 aliphatic carbocycles. The molecule has 25 heavy (non-hydrogen) atoms. The first-order valence-corrected chi connectivity index (χ1v) is 8.75. The van der Waals surface area contributed by atoms with Crippen LogP contribution in [0.4, 0.5) is 0 Å². The summed E-state index contributed by atoms with van der Waals surface area (Å²) < 4.78 is 1.92. The summed E-state index contributed by atoms with van der Waals surface area (Å²) in [5.74, 6) is 0.748. The highest BCUT2D eigenvalue weighted by Gasteiger charge is 2.23. The Bertz CT molecular complexity index is 863. The summed E-state index contributed by atoms with van der Waals surface area (Å²) >= 11 is 1.37. The van der Waals surface area contributed by atoms with E-state index in [1.807, 2.05) is 73.0 Å². The molecule has 1 heterocycles. The first-order chi connectivity index (χ1) is 12.0. The third kappa shape index (κ3) is 4.06. The van der Waals surface area contributed by atoms with Crippen LogP contribution in [-0.2, 0) is 0 Å². The third-order valence-corrected chi connectivity index (χ3v) is 5.00. The number of nitro groups is 1. The molecule has 0 amide bonds. The van der Waals surface area contributed by atoms with Gasteiger partial charge in [-0.1, -0.05) is 59.8 Å². The van der Waals surface area contributed by atoms with Gasteiger partial charge in [0.05, 0.1) is 0 Å². The van der Waals surface area contributed by atoms with E-state index in [0.717, 1.165) is 22.6 Å². The Morgan fingerprint density at radius 3 is 2.40 bits per heavy atom. The highest BCUT2D eigenvalue weighted by atomic mass is 32.2. The molecular weight excluding hydrogens is 336 g/mol. The first-order valence-electron chi connectivity index (χ1n) is 7.87. The fourth-order valence-corrected chi connectivity index (χ4v) is 3.72. The number of aromatic nitrogens is 3. The van der Waals surface area contributed by atoms with Crippen LogP contribution in [-0.4, -0.2) is 26.2 Å². The van der Waals surface area contributed by atoms with Crippen LogP contribution in [0.3, 0.4) is 0 Å². The lowest BCUT2D eigenvalue weighted by molar-refractivity contribution is -0.479. The minimum absolute atomic E-state index is 0.172. The van der Waals surface area contributed by atoms with Gasteiger partial charge in [0, 0.05) is 10.6 Å². The summed E-state index contributed by atoms with van der Waals surface area (Å²) in [6.45, 7) is 3.70. The Kier molecular flexibility index (Phi) is 5.14. The number of aryl methyl sites for hydroxylation is 2. The Morgan fingerprint density at radius 2 is 1.76 bits per heavy atom. The predicted molar refractivity (Wildman–Crippen MR) is 97.7 cm³/mol. The SMILES string of the molecule is Cc1ccc([C@H](C[N+](=O)[O-])Sc2nnc(C)n2-c2ccccc2)cc1. The molecule has 7 heteroatoms. The van der Waals surface area contributed by atoms with Crippen molar-refractivity contribution in [2.24, 2.45) is 0 Å². The van der Waals surface area contributed by atoms with Gasteiger partial charge in [-0.05, 0) is 31.5 Å². The molecule has 1 atom stereocenters. The quantitative estimate of drug-likeness (QED) is 0.380. The number of hydrogen-bond acceptors (Lipinski definition) is 5. The van der Waals surface area contributed by atoms with Crippen molar-refractivity contribution in [1.29, 1.82) is 0 Å². The highest BCUT2D eigenvalue weighted by Crippen LogP contribution is 2.35. The van der Waals surface area contributed by atoms with Crippen molar-refractivity contribution in [3.63, 3.8) is 0 Å². The van der Waals surface area contributed by atoms with Gasteiger partial charge in [-0.3, -0.25) is 14.7 Å². The molecule has 0 fully saturated rings. The standard InChI is InChI=1S/C18H18N4O2S/c1-13-8-10-15(11-9-13)17(12-21(23)24)25-18-20-19-14(2)22(18)16-6-4-3-5-7-16/h3-11,17H,12H2,1-2H3/t17-/m0/s1. The van der Waals surface area contributed by atoms with Crippen molar-refractivity contribution < 1.29 is 4.92 Å². The van der Waals surface area contributed by atoms with Crippen molar-refractivity contribution in [3.8, 4) is 5.69 Å². The van der Waals surface area contributed by atoms with Crippen LogP contribution in [0.15, 0.2) is 59.8 Å². The van der Waals surface area contributed by atoms with Crippen molar-refractivity contribution in [1.82, 2.24) is 14.8 Å². The Balaban J connectivity index is 1.95. The van der Waals surface area contributed by atoms with E-state index in [2.05, 4.69) is 10.2 Å². The number of benzene rings is 2. The van der Waals surface area contributed by atoms with Gasteiger partial charge < -0.3 is 0 Å². The van der Waals surface area contributed by atoms with Gasteiger partial charge in [0.2, 0.25) is 6.54 Å². The molecule has 1 aromatic heterocycles. The zero-order valence-corrected chi connectivity index (χ0v) is 14.8. The Morgan fingerprint density at radius 1 is 1.08 bits per heavy atom. The van der Waals surface area contributed by atoms with Gasteiger partial charge in [0.1, 0.15) is 11.1 Å². The molecule has 6 nitrogen and oxygen atoms in total. The van der Waals surface area contributed by atoms with E-state index in [1.54, 1.807) is 0 Å². The minimum atomic E-state index is -0.332. The smallest absolute Gasteiger partial charge is 0.220 e. The summed E-state index contributed by atoms with van der Waals surface area (Å²) in [5.41, 5.74) is 2.97. The summed E-state index contributed by atoms with van der Waals surface area (Å²) in [5, 5.41) is 19.9. The van der Waals surface area contributed by atoms with E-state index in [4.69, 9.17) is 0 Å². The van der Waals surface area contributed by atoms with E-state index in [9.17, 15) is 10.1 Å². The fraction of sp³-hybridized carbons (Fsp3) is 0.222. The zero-order chi connectivity index (χ0) is 17.8. The summed E-state index contributed by atoms with van der Waals surface area (Å²) in [4.78, 5) is 10.9. The number of para-hydroxylation sites is 1.